The van der Waals surface area contributed by atoms with Crippen LogP contribution in [0.25, 0.3) is 0 Å². The summed E-state index contributed by atoms with van der Waals surface area (Å²) in [6.07, 6.45) is 5.01. The minimum atomic E-state index is -3.53. The molecule has 0 amide bonds. The average molecular weight is 295 g/mol. The number of pyridine rings is 1. The highest BCUT2D eigenvalue weighted by atomic mass is 32.2. The fourth-order valence-electron chi connectivity index (χ4n) is 1.68. The van der Waals surface area contributed by atoms with E-state index in [9.17, 15) is 8.42 Å². The van der Waals surface area contributed by atoms with Gasteiger partial charge in [0.1, 0.15) is 4.90 Å². The number of hydrogen-bond acceptors (Lipinski definition) is 5. The van der Waals surface area contributed by atoms with Gasteiger partial charge in [0.2, 0.25) is 10.0 Å². The van der Waals surface area contributed by atoms with Crippen molar-refractivity contribution in [3.8, 4) is 0 Å². The Hall–Kier alpha value is -1.77. The Balaban J connectivity index is 1.93. The van der Waals surface area contributed by atoms with Crippen LogP contribution >= 0.6 is 0 Å². The molecule has 2 heterocycles. The van der Waals surface area contributed by atoms with Crippen LogP contribution in [0.15, 0.2) is 41.7 Å². The first-order valence-electron chi connectivity index (χ1n) is 6.24. The number of nitrogens with two attached hydrogens (primary N) is 1. The lowest BCUT2D eigenvalue weighted by Crippen LogP contribution is -2.26. The molecular formula is C12H17N5O2S. The van der Waals surface area contributed by atoms with Gasteiger partial charge in [0.15, 0.2) is 0 Å². The van der Waals surface area contributed by atoms with Crippen molar-refractivity contribution in [2.24, 2.45) is 5.73 Å². The number of rotatable bonds is 7. The Morgan fingerprint density at radius 3 is 2.90 bits per heavy atom. The van der Waals surface area contributed by atoms with Gasteiger partial charge in [-0.15, -0.1) is 0 Å². The molecule has 0 saturated heterocycles. The summed E-state index contributed by atoms with van der Waals surface area (Å²) in [7, 11) is -3.53. The number of aromatic nitrogens is 3. The van der Waals surface area contributed by atoms with Gasteiger partial charge in [-0.1, -0.05) is 6.07 Å². The Bertz CT molecular complexity index is 639. The molecular weight excluding hydrogens is 278 g/mol. The maximum absolute atomic E-state index is 12.0. The predicted octanol–water partition coefficient (Wildman–Crippen LogP) is -0.242. The van der Waals surface area contributed by atoms with E-state index < -0.39 is 10.0 Å². The van der Waals surface area contributed by atoms with Gasteiger partial charge in [0.25, 0.3) is 0 Å². The van der Waals surface area contributed by atoms with Crippen LogP contribution in [0.3, 0.4) is 0 Å². The second-order valence-electron chi connectivity index (χ2n) is 4.20. The molecule has 0 atom stereocenters. The summed E-state index contributed by atoms with van der Waals surface area (Å²) in [5.74, 6) is 0. The van der Waals surface area contributed by atoms with Gasteiger partial charge in [-0.2, -0.15) is 5.10 Å². The van der Waals surface area contributed by atoms with E-state index in [0.717, 1.165) is 5.69 Å². The highest BCUT2D eigenvalue weighted by molar-refractivity contribution is 7.89. The standard InChI is InChI=1S/C12H17N5O2S/c13-5-8-17-10-12(9-15-17)20(18,19)16-7-4-11-3-1-2-6-14-11/h1-3,6,9-10,16H,4-5,7-8,13H2. The van der Waals surface area contributed by atoms with Gasteiger partial charge >= 0.3 is 0 Å². The normalized spacial score (nSPS) is 11.7. The molecule has 20 heavy (non-hydrogen) atoms. The topological polar surface area (TPSA) is 103 Å². The van der Waals surface area contributed by atoms with E-state index in [1.165, 1.54) is 17.1 Å². The summed E-state index contributed by atoms with van der Waals surface area (Å²) in [5.41, 5.74) is 6.23. The van der Waals surface area contributed by atoms with Crippen molar-refractivity contribution in [3.05, 3.63) is 42.5 Å². The first kappa shape index (κ1) is 14.6. The molecule has 0 fully saturated rings. The minimum absolute atomic E-state index is 0.145. The summed E-state index contributed by atoms with van der Waals surface area (Å²) < 4.78 is 28.1. The highest BCUT2D eigenvalue weighted by Gasteiger charge is 2.15. The molecule has 2 aromatic rings. The van der Waals surface area contributed by atoms with Crippen LogP contribution in [0.4, 0.5) is 0 Å². The second kappa shape index (κ2) is 6.60. The zero-order valence-corrected chi connectivity index (χ0v) is 11.8. The Morgan fingerprint density at radius 1 is 1.35 bits per heavy atom. The van der Waals surface area contributed by atoms with Gasteiger partial charge in [-0.05, 0) is 12.1 Å². The Labute approximate surface area is 117 Å². The largest absolute Gasteiger partial charge is 0.329 e. The quantitative estimate of drug-likeness (QED) is 0.733. The van der Waals surface area contributed by atoms with Gasteiger partial charge in [0, 0.05) is 37.6 Å². The van der Waals surface area contributed by atoms with Crippen LogP contribution in [0, 0.1) is 0 Å². The minimum Gasteiger partial charge on any atom is -0.329 e. The average Bonchev–Trinajstić information content (AvgIpc) is 2.90. The molecule has 0 aliphatic carbocycles. The first-order valence-corrected chi connectivity index (χ1v) is 7.72. The predicted molar refractivity (Wildman–Crippen MR) is 74.4 cm³/mol. The van der Waals surface area contributed by atoms with Crippen LogP contribution in [-0.4, -0.2) is 36.3 Å². The molecule has 0 unspecified atom stereocenters. The van der Waals surface area contributed by atoms with E-state index in [-0.39, 0.29) is 4.90 Å². The molecule has 2 rings (SSSR count). The summed E-state index contributed by atoms with van der Waals surface area (Å²) in [6.45, 7) is 1.19. The first-order chi connectivity index (χ1) is 9.62. The van der Waals surface area contributed by atoms with Crippen LogP contribution in [0.5, 0.6) is 0 Å². The zero-order chi connectivity index (χ0) is 14.4. The molecule has 3 N–H and O–H groups in total. The molecule has 0 saturated carbocycles. The second-order valence-corrected chi connectivity index (χ2v) is 5.96. The molecule has 0 aromatic carbocycles. The van der Waals surface area contributed by atoms with Gasteiger partial charge in [-0.25, -0.2) is 13.1 Å². The van der Waals surface area contributed by atoms with Gasteiger partial charge < -0.3 is 5.73 Å². The summed E-state index contributed by atoms with van der Waals surface area (Å²) in [4.78, 5) is 4.28. The van der Waals surface area contributed by atoms with Crippen molar-refractivity contribution in [2.75, 3.05) is 13.1 Å². The van der Waals surface area contributed by atoms with Crippen molar-refractivity contribution >= 4 is 10.0 Å². The molecule has 2 aromatic heterocycles. The third kappa shape index (κ3) is 3.86. The van der Waals surface area contributed by atoms with Crippen molar-refractivity contribution in [1.29, 1.82) is 0 Å². The molecule has 8 heteroatoms. The lowest BCUT2D eigenvalue weighted by atomic mass is 10.3. The highest BCUT2D eigenvalue weighted by Crippen LogP contribution is 2.06. The van der Waals surface area contributed by atoms with E-state index in [4.69, 9.17) is 5.73 Å². The smallest absolute Gasteiger partial charge is 0.243 e. The van der Waals surface area contributed by atoms with E-state index in [1.54, 1.807) is 6.20 Å². The molecule has 0 bridgehead atoms. The molecule has 0 aliphatic heterocycles. The summed E-state index contributed by atoms with van der Waals surface area (Å²) in [6, 6.07) is 5.54. The zero-order valence-electron chi connectivity index (χ0n) is 10.9. The fraction of sp³-hybridized carbons (Fsp3) is 0.333. The number of sulfonamides is 1. The van der Waals surface area contributed by atoms with Crippen molar-refractivity contribution in [1.82, 2.24) is 19.5 Å². The lowest BCUT2D eigenvalue weighted by molar-refractivity contribution is 0.580. The van der Waals surface area contributed by atoms with Gasteiger partial charge in [0.05, 0.1) is 12.7 Å². The number of nitrogens with zero attached hydrogens (tertiary/aromatic N) is 3. The fourth-order valence-corrected chi connectivity index (χ4v) is 2.66. The number of hydrogen-bond donors (Lipinski definition) is 2. The van der Waals surface area contributed by atoms with Crippen molar-refractivity contribution < 1.29 is 8.42 Å². The summed E-state index contributed by atoms with van der Waals surface area (Å²) >= 11 is 0. The van der Waals surface area contributed by atoms with Crippen LogP contribution in [0.2, 0.25) is 0 Å². The van der Waals surface area contributed by atoms with Crippen LogP contribution in [0.1, 0.15) is 5.69 Å². The van der Waals surface area contributed by atoms with Gasteiger partial charge in [-0.3, -0.25) is 9.67 Å². The monoisotopic (exact) mass is 295 g/mol. The molecule has 0 aliphatic rings. The molecule has 7 nitrogen and oxygen atoms in total. The Morgan fingerprint density at radius 2 is 2.20 bits per heavy atom. The third-order valence-electron chi connectivity index (χ3n) is 2.68. The maximum atomic E-state index is 12.0. The molecule has 0 radical (unpaired) electrons. The van der Waals surface area contributed by atoms with Crippen molar-refractivity contribution in [3.63, 3.8) is 0 Å². The van der Waals surface area contributed by atoms with Crippen LogP contribution in [-0.2, 0) is 23.0 Å². The van der Waals surface area contributed by atoms with E-state index >= 15 is 0 Å². The maximum Gasteiger partial charge on any atom is 0.243 e. The van der Waals surface area contributed by atoms with Crippen LogP contribution < -0.4 is 10.5 Å². The SMILES string of the molecule is NCCn1cc(S(=O)(=O)NCCc2ccccn2)cn1. The third-order valence-corrected chi connectivity index (χ3v) is 4.09. The molecule has 108 valence electrons. The van der Waals surface area contributed by atoms with Crippen molar-refractivity contribution in [2.45, 2.75) is 17.9 Å². The Kier molecular flexibility index (Phi) is 4.83. The lowest BCUT2D eigenvalue weighted by Gasteiger charge is -2.04. The van der Waals surface area contributed by atoms with E-state index in [0.29, 0.717) is 26.1 Å². The van der Waals surface area contributed by atoms with E-state index in [2.05, 4.69) is 14.8 Å². The molecule has 0 spiro atoms. The van der Waals surface area contributed by atoms with E-state index in [1.807, 2.05) is 18.2 Å². The summed E-state index contributed by atoms with van der Waals surface area (Å²) in [5, 5.41) is 3.94. The number of nitrogens with one attached hydrogen (secondary N) is 1.